The Balaban J connectivity index is 1.31. The van der Waals surface area contributed by atoms with Crippen molar-refractivity contribution in [2.24, 2.45) is 0 Å². The standard InChI is InChI=1S/C23H27FN2O2/c1-25-20-6-3-2-5-19(20)23(22(25)28)12-15-26(16-13-23)14-4-7-21(27)17-8-10-18(24)11-9-17/h2-3,5-6,8-11,21,27H,4,7,12-16H2,1H3. The molecule has 5 heteroatoms. The maximum absolute atomic E-state index is 13.0. The Morgan fingerprint density at radius 3 is 2.50 bits per heavy atom. The zero-order valence-corrected chi connectivity index (χ0v) is 16.3. The predicted octanol–water partition coefficient (Wildman–Crippen LogP) is 3.65. The van der Waals surface area contributed by atoms with E-state index in [1.54, 1.807) is 12.1 Å². The van der Waals surface area contributed by atoms with Gasteiger partial charge in [-0.15, -0.1) is 0 Å². The van der Waals surface area contributed by atoms with Crippen LogP contribution in [0.15, 0.2) is 48.5 Å². The van der Waals surface area contributed by atoms with Gasteiger partial charge in [-0.1, -0.05) is 30.3 Å². The van der Waals surface area contributed by atoms with Gasteiger partial charge in [0.1, 0.15) is 5.82 Å². The lowest BCUT2D eigenvalue weighted by molar-refractivity contribution is -0.124. The number of likely N-dealkylation sites (tertiary alicyclic amines) is 1. The average Bonchev–Trinajstić information content (AvgIpc) is 2.92. The first-order chi connectivity index (χ1) is 13.5. The van der Waals surface area contributed by atoms with Gasteiger partial charge in [0.25, 0.3) is 0 Å². The van der Waals surface area contributed by atoms with Gasteiger partial charge in [-0.05, 0) is 74.6 Å². The number of piperidine rings is 1. The summed E-state index contributed by atoms with van der Waals surface area (Å²) in [5.74, 6) is -0.0630. The van der Waals surface area contributed by atoms with Crippen LogP contribution in [-0.2, 0) is 10.2 Å². The van der Waals surface area contributed by atoms with Gasteiger partial charge in [0.15, 0.2) is 0 Å². The number of benzene rings is 2. The monoisotopic (exact) mass is 382 g/mol. The molecule has 4 rings (SSSR count). The highest BCUT2D eigenvalue weighted by Gasteiger charge is 2.50. The van der Waals surface area contributed by atoms with E-state index in [-0.39, 0.29) is 17.1 Å². The number of carbonyl (C=O) groups is 1. The molecule has 0 saturated carbocycles. The van der Waals surface area contributed by atoms with E-state index in [1.165, 1.54) is 17.7 Å². The lowest BCUT2D eigenvalue weighted by atomic mass is 9.73. The fourth-order valence-corrected chi connectivity index (χ4v) is 4.72. The zero-order chi connectivity index (χ0) is 19.7. The van der Waals surface area contributed by atoms with E-state index in [1.807, 2.05) is 30.1 Å². The van der Waals surface area contributed by atoms with Gasteiger partial charge >= 0.3 is 0 Å². The van der Waals surface area contributed by atoms with Crippen molar-refractivity contribution in [1.29, 1.82) is 0 Å². The Labute approximate surface area is 165 Å². The molecule has 1 saturated heterocycles. The maximum Gasteiger partial charge on any atom is 0.237 e. The highest BCUT2D eigenvalue weighted by molar-refractivity contribution is 6.07. The molecule has 1 unspecified atom stereocenters. The van der Waals surface area contributed by atoms with Gasteiger partial charge < -0.3 is 14.9 Å². The minimum absolute atomic E-state index is 0.222. The molecular formula is C23H27FN2O2. The number of carbonyl (C=O) groups excluding carboxylic acids is 1. The van der Waals surface area contributed by atoms with Crippen molar-refractivity contribution in [2.75, 3.05) is 31.6 Å². The molecule has 0 radical (unpaired) electrons. The minimum Gasteiger partial charge on any atom is -0.388 e. The second-order valence-corrected chi connectivity index (χ2v) is 8.01. The Bertz CT molecular complexity index is 844. The first-order valence-electron chi connectivity index (χ1n) is 10.0. The molecule has 0 aromatic heterocycles. The lowest BCUT2D eigenvalue weighted by Crippen LogP contribution is -2.48. The van der Waals surface area contributed by atoms with Gasteiger partial charge in [-0.2, -0.15) is 0 Å². The topological polar surface area (TPSA) is 43.8 Å². The molecule has 1 amide bonds. The van der Waals surface area contributed by atoms with Crippen LogP contribution in [0.1, 0.15) is 42.9 Å². The number of rotatable bonds is 5. The normalized spacial score (nSPS) is 19.8. The third-order valence-electron chi connectivity index (χ3n) is 6.41. The summed E-state index contributed by atoms with van der Waals surface area (Å²) in [4.78, 5) is 17.2. The summed E-state index contributed by atoms with van der Waals surface area (Å²) in [6.07, 6.45) is 2.64. The summed E-state index contributed by atoms with van der Waals surface area (Å²) in [5, 5.41) is 10.3. The van der Waals surface area contributed by atoms with Crippen LogP contribution < -0.4 is 4.90 Å². The number of fused-ring (bicyclic) bond motifs is 2. The van der Waals surface area contributed by atoms with E-state index in [0.717, 1.165) is 50.1 Å². The molecule has 2 aliphatic heterocycles. The predicted molar refractivity (Wildman–Crippen MR) is 108 cm³/mol. The van der Waals surface area contributed by atoms with Gasteiger partial charge in [0.05, 0.1) is 11.5 Å². The molecule has 0 bridgehead atoms. The largest absolute Gasteiger partial charge is 0.388 e. The quantitative estimate of drug-likeness (QED) is 0.859. The SMILES string of the molecule is CN1C(=O)C2(CCN(CCCC(O)c3ccc(F)cc3)CC2)c2ccccc21. The molecule has 2 aliphatic rings. The van der Waals surface area contributed by atoms with Gasteiger partial charge in [0.2, 0.25) is 5.91 Å². The molecule has 148 valence electrons. The van der Waals surface area contributed by atoms with Crippen molar-refractivity contribution in [3.05, 3.63) is 65.5 Å². The number of para-hydroxylation sites is 1. The molecular weight excluding hydrogens is 355 g/mol. The molecule has 2 heterocycles. The molecule has 1 atom stereocenters. The number of hydrogen-bond donors (Lipinski definition) is 1. The van der Waals surface area contributed by atoms with Gasteiger partial charge in [-0.3, -0.25) is 4.79 Å². The van der Waals surface area contributed by atoms with E-state index in [9.17, 15) is 14.3 Å². The molecule has 2 aromatic rings. The van der Waals surface area contributed by atoms with Crippen LogP contribution >= 0.6 is 0 Å². The number of halogens is 1. The number of anilines is 1. The van der Waals surface area contributed by atoms with Crippen LogP contribution in [0, 0.1) is 5.82 Å². The van der Waals surface area contributed by atoms with Crippen LogP contribution in [0.4, 0.5) is 10.1 Å². The fourth-order valence-electron chi connectivity index (χ4n) is 4.72. The summed E-state index contributed by atoms with van der Waals surface area (Å²) in [5.41, 5.74) is 2.61. The molecule has 1 spiro atoms. The average molecular weight is 382 g/mol. The van der Waals surface area contributed by atoms with E-state index in [4.69, 9.17) is 0 Å². The molecule has 2 aromatic carbocycles. The molecule has 1 N–H and O–H groups in total. The fraction of sp³-hybridized carbons (Fsp3) is 0.435. The summed E-state index contributed by atoms with van der Waals surface area (Å²) < 4.78 is 13.0. The third-order valence-corrected chi connectivity index (χ3v) is 6.41. The summed E-state index contributed by atoms with van der Waals surface area (Å²) in [6.45, 7) is 2.68. The summed E-state index contributed by atoms with van der Waals surface area (Å²) >= 11 is 0. The van der Waals surface area contributed by atoms with Crippen LogP contribution in [0.3, 0.4) is 0 Å². The maximum atomic E-state index is 13.0. The number of aliphatic hydroxyl groups is 1. The molecule has 1 fully saturated rings. The van der Waals surface area contributed by atoms with Gasteiger partial charge in [-0.25, -0.2) is 4.39 Å². The number of amides is 1. The van der Waals surface area contributed by atoms with Crippen LogP contribution in [0.2, 0.25) is 0 Å². The molecule has 28 heavy (non-hydrogen) atoms. The Morgan fingerprint density at radius 2 is 1.79 bits per heavy atom. The number of nitrogens with zero attached hydrogens (tertiary/aromatic N) is 2. The smallest absolute Gasteiger partial charge is 0.237 e. The van der Waals surface area contributed by atoms with Crippen LogP contribution in [0.25, 0.3) is 0 Å². The summed E-state index contributed by atoms with van der Waals surface area (Å²) in [6, 6.07) is 14.2. The van der Waals surface area contributed by atoms with Crippen molar-refractivity contribution in [2.45, 2.75) is 37.2 Å². The Kier molecular flexibility index (Phi) is 5.21. The Morgan fingerprint density at radius 1 is 1.11 bits per heavy atom. The van der Waals surface area contributed by atoms with Crippen molar-refractivity contribution in [3.8, 4) is 0 Å². The Hall–Kier alpha value is -2.24. The first kappa shape index (κ1) is 19.1. The zero-order valence-electron chi connectivity index (χ0n) is 16.3. The van der Waals surface area contributed by atoms with E-state index >= 15 is 0 Å². The van der Waals surface area contributed by atoms with Crippen molar-refractivity contribution in [1.82, 2.24) is 4.90 Å². The van der Waals surface area contributed by atoms with E-state index in [0.29, 0.717) is 6.42 Å². The van der Waals surface area contributed by atoms with Crippen molar-refractivity contribution >= 4 is 11.6 Å². The second-order valence-electron chi connectivity index (χ2n) is 8.01. The van der Waals surface area contributed by atoms with Crippen molar-refractivity contribution < 1.29 is 14.3 Å². The third kappa shape index (κ3) is 3.33. The van der Waals surface area contributed by atoms with E-state index < -0.39 is 6.10 Å². The second kappa shape index (κ2) is 7.64. The van der Waals surface area contributed by atoms with Crippen LogP contribution in [0.5, 0.6) is 0 Å². The highest BCUT2D eigenvalue weighted by atomic mass is 19.1. The molecule has 4 nitrogen and oxygen atoms in total. The molecule has 0 aliphatic carbocycles. The lowest BCUT2D eigenvalue weighted by Gasteiger charge is -2.38. The van der Waals surface area contributed by atoms with Crippen molar-refractivity contribution in [3.63, 3.8) is 0 Å². The highest BCUT2D eigenvalue weighted by Crippen LogP contribution is 2.47. The minimum atomic E-state index is -0.561. The van der Waals surface area contributed by atoms with Gasteiger partial charge in [0, 0.05) is 12.7 Å². The van der Waals surface area contributed by atoms with E-state index in [2.05, 4.69) is 11.0 Å². The number of hydrogen-bond acceptors (Lipinski definition) is 3. The first-order valence-corrected chi connectivity index (χ1v) is 10.0. The number of likely N-dealkylation sites (N-methyl/N-ethyl adjacent to an activating group) is 1. The summed E-state index contributed by atoms with van der Waals surface area (Å²) in [7, 11) is 1.87. The van der Waals surface area contributed by atoms with Crippen LogP contribution in [-0.4, -0.2) is 42.6 Å². The number of aliphatic hydroxyl groups excluding tert-OH is 1.